The maximum atomic E-state index is 12.2. The number of rotatable bonds is 1. The van der Waals surface area contributed by atoms with E-state index in [2.05, 4.69) is 36.8 Å². The summed E-state index contributed by atoms with van der Waals surface area (Å²) in [6.45, 7) is 0. The van der Waals surface area contributed by atoms with Crippen LogP contribution in [0, 0.1) is 0 Å². The Kier molecular flexibility index (Phi) is 3.54. The second-order valence-corrected chi connectivity index (χ2v) is 4.17. The summed E-state index contributed by atoms with van der Waals surface area (Å²) in [5.74, 6) is 0. The Morgan fingerprint density at radius 2 is 1.93 bits per heavy atom. The van der Waals surface area contributed by atoms with Gasteiger partial charge in [-0.15, -0.1) is 0 Å². The van der Waals surface area contributed by atoms with Crippen molar-refractivity contribution in [3.05, 3.63) is 26.9 Å². The molecule has 1 heterocycles. The second kappa shape index (κ2) is 4.16. The van der Waals surface area contributed by atoms with Crippen LogP contribution in [0.15, 0.2) is 21.3 Å². The highest BCUT2D eigenvalue weighted by Gasteiger charge is 2.38. The zero-order valence-corrected chi connectivity index (χ0v) is 9.82. The Morgan fingerprint density at radius 1 is 1.36 bits per heavy atom. The van der Waals surface area contributed by atoms with Gasteiger partial charge in [-0.3, -0.25) is 0 Å². The van der Waals surface area contributed by atoms with Gasteiger partial charge in [0.25, 0.3) is 0 Å². The molecule has 1 unspecified atom stereocenters. The van der Waals surface area contributed by atoms with E-state index in [0.717, 1.165) is 6.20 Å². The number of alkyl halides is 3. The monoisotopic (exact) mass is 332 g/mol. The summed E-state index contributed by atoms with van der Waals surface area (Å²) in [5, 5.41) is 0. The number of pyridine rings is 1. The molecule has 1 atom stereocenters. The predicted molar refractivity (Wildman–Crippen MR) is 52.6 cm³/mol. The molecule has 1 aromatic heterocycles. The summed E-state index contributed by atoms with van der Waals surface area (Å²) in [6.07, 6.45) is -3.36. The lowest BCUT2D eigenvalue weighted by Crippen LogP contribution is -2.28. The van der Waals surface area contributed by atoms with Crippen molar-refractivity contribution < 1.29 is 13.2 Å². The van der Waals surface area contributed by atoms with Gasteiger partial charge in [-0.05, 0) is 43.5 Å². The molecule has 7 heteroatoms. The van der Waals surface area contributed by atoms with Crippen molar-refractivity contribution in [3.63, 3.8) is 0 Å². The molecule has 0 aliphatic carbocycles. The number of nitrogens with two attached hydrogens (primary N) is 1. The van der Waals surface area contributed by atoms with E-state index in [0.29, 0.717) is 9.08 Å². The molecule has 0 amide bonds. The lowest BCUT2D eigenvalue weighted by Gasteiger charge is -2.15. The molecule has 0 aliphatic heterocycles. The van der Waals surface area contributed by atoms with Crippen LogP contribution in [0.4, 0.5) is 13.2 Å². The standard InChI is InChI=1S/C7H5Br2F3N2/c8-4-1-3(2-14-6(4)9)5(13)7(10,11)12/h1-2,5H,13H2. The summed E-state index contributed by atoms with van der Waals surface area (Å²) < 4.78 is 37.4. The molecule has 0 saturated carbocycles. The largest absolute Gasteiger partial charge is 0.407 e. The van der Waals surface area contributed by atoms with E-state index in [-0.39, 0.29) is 5.56 Å². The molecule has 0 aliphatic rings. The van der Waals surface area contributed by atoms with Gasteiger partial charge in [-0.25, -0.2) is 4.98 Å². The third-order valence-corrected chi connectivity index (χ3v) is 3.30. The molecule has 0 spiro atoms. The van der Waals surface area contributed by atoms with Crippen LogP contribution in [0.5, 0.6) is 0 Å². The predicted octanol–water partition coefficient (Wildman–Crippen LogP) is 3.17. The fraction of sp³-hybridized carbons (Fsp3) is 0.286. The average molecular weight is 334 g/mol. The third kappa shape index (κ3) is 2.68. The molecular weight excluding hydrogens is 329 g/mol. The van der Waals surface area contributed by atoms with E-state index in [1.54, 1.807) is 0 Å². The molecule has 0 bridgehead atoms. The highest BCUT2D eigenvalue weighted by Crippen LogP contribution is 2.32. The van der Waals surface area contributed by atoms with Gasteiger partial charge in [0.2, 0.25) is 0 Å². The average Bonchev–Trinajstić information content (AvgIpc) is 2.07. The first-order valence-corrected chi connectivity index (χ1v) is 5.04. The number of aromatic nitrogens is 1. The summed E-state index contributed by atoms with van der Waals surface area (Å²) in [6, 6.07) is -0.714. The van der Waals surface area contributed by atoms with Crippen LogP contribution in [0.3, 0.4) is 0 Å². The zero-order chi connectivity index (χ0) is 10.9. The van der Waals surface area contributed by atoms with Crippen LogP contribution >= 0.6 is 31.9 Å². The molecule has 0 saturated heterocycles. The molecule has 0 aromatic carbocycles. The van der Waals surface area contributed by atoms with E-state index in [9.17, 15) is 13.2 Å². The Hall–Kier alpha value is -0.140. The van der Waals surface area contributed by atoms with Crippen LogP contribution < -0.4 is 5.73 Å². The van der Waals surface area contributed by atoms with Crippen LogP contribution in [-0.2, 0) is 0 Å². The van der Waals surface area contributed by atoms with Crippen molar-refractivity contribution in [2.24, 2.45) is 5.73 Å². The van der Waals surface area contributed by atoms with Gasteiger partial charge < -0.3 is 5.73 Å². The summed E-state index contributed by atoms with van der Waals surface area (Å²) in [7, 11) is 0. The maximum Gasteiger partial charge on any atom is 0.407 e. The van der Waals surface area contributed by atoms with Gasteiger partial charge in [0.05, 0.1) is 4.47 Å². The zero-order valence-electron chi connectivity index (χ0n) is 6.65. The number of nitrogens with zero attached hydrogens (tertiary/aromatic N) is 1. The van der Waals surface area contributed by atoms with Gasteiger partial charge in [0, 0.05) is 6.20 Å². The van der Waals surface area contributed by atoms with Crippen molar-refractivity contribution in [3.8, 4) is 0 Å². The minimum Gasteiger partial charge on any atom is -0.316 e. The molecule has 2 nitrogen and oxygen atoms in total. The van der Waals surface area contributed by atoms with Crippen molar-refractivity contribution in [2.45, 2.75) is 12.2 Å². The van der Waals surface area contributed by atoms with E-state index in [1.165, 1.54) is 6.07 Å². The lowest BCUT2D eigenvalue weighted by atomic mass is 10.1. The van der Waals surface area contributed by atoms with Crippen LogP contribution in [0.25, 0.3) is 0 Å². The highest BCUT2D eigenvalue weighted by molar-refractivity contribution is 9.13. The molecule has 1 rings (SSSR count). The van der Waals surface area contributed by atoms with Gasteiger partial charge in [-0.2, -0.15) is 13.2 Å². The minimum atomic E-state index is -4.45. The summed E-state index contributed by atoms with van der Waals surface area (Å²) in [5.41, 5.74) is 4.91. The smallest absolute Gasteiger partial charge is 0.316 e. The fourth-order valence-electron chi connectivity index (χ4n) is 0.795. The van der Waals surface area contributed by atoms with Gasteiger partial charge >= 0.3 is 6.18 Å². The summed E-state index contributed by atoms with van der Waals surface area (Å²) in [4.78, 5) is 3.70. The first-order valence-electron chi connectivity index (χ1n) is 3.45. The van der Waals surface area contributed by atoms with Crippen LogP contribution in [0.1, 0.15) is 11.6 Å². The Balaban J connectivity index is 3.03. The van der Waals surface area contributed by atoms with E-state index >= 15 is 0 Å². The van der Waals surface area contributed by atoms with Crippen LogP contribution in [-0.4, -0.2) is 11.2 Å². The van der Waals surface area contributed by atoms with Crippen molar-refractivity contribution in [1.82, 2.24) is 4.98 Å². The van der Waals surface area contributed by atoms with E-state index < -0.39 is 12.2 Å². The third-order valence-electron chi connectivity index (χ3n) is 1.53. The van der Waals surface area contributed by atoms with Gasteiger partial charge in [0.15, 0.2) is 0 Å². The van der Waals surface area contributed by atoms with Crippen molar-refractivity contribution in [1.29, 1.82) is 0 Å². The van der Waals surface area contributed by atoms with E-state index in [4.69, 9.17) is 5.73 Å². The molecular formula is C7H5Br2F3N2. The minimum absolute atomic E-state index is 0.0763. The van der Waals surface area contributed by atoms with Crippen LogP contribution in [0.2, 0.25) is 0 Å². The lowest BCUT2D eigenvalue weighted by molar-refractivity contribution is -0.149. The second-order valence-electron chi connectivity index (χ2n) is 2.56. The molecule has 1 aromatic rings. The normalized spacial score (nSPS) is 14.1. The van der Waals surface area contributed by atoms with E-state index in [1.807, 2.05) is 0 Å². The molecule has 2 N–H and O–H groups in total. The van der Waals surface area contributed by atoms with Crippen molar-refractivity contribution >= 4 is 31.9 Å². The van der Waals surface area contributed by atoms with Crippen molar-refractivity contribution in [2.75, 3.05) is 0 Å². The highest BCUT2D eigenvalue weighted by atomic mass is 79.9. The van der Waals surface area contributed by atoms with Gasteiger partial charge in [-0.1, -0.05) is 0 Å². The van der Waals surface area contributed by atoms with Gasteiger partial charge in [0.1, 0.15) is 10.6 Å². The fourth-order valence-corrected chi connectivity index (χ4v) is 1.38. The Morgan fingerprint density at radius 3 is 2.36 bits per heavy atom. The molecule has 0 fully saturated rings. The molecule has 0 radical (unpaired) electrons. The SMILES string of the molecule is NC(c1cnc(Br)c(Br)c1)C(F)(F)F. The topological polar surface area (TPSA) is 38.9 Å². The first kappa shape index (κ1) is 11.9. The number of halogens is 5. The Labute approximate surface area is 95.0 Å². The number of hydrogen-bond acceptors (Lipinski definition) is 2. The first-order chi connectivity index (χ1) is 6.32. The quantitative estimate of drug-likeness (QED) is 0.802. The summed E-state index contributed by atoms with van der Waals surface area (Å²) >= 11 is 6.10. The molecule has 78 valence electrons. The molecule has 14 heavy (non-hydrogen) atoms. The number of hydrogen-bond donors (Lipinski definition) is 1. The maximum absolute atomic E-state index is 12.2. The Bertz CT molecular complexity index is 340.